The van der Waals surface area contributed by atoms with Crippen LogP contribution in [0.1, 0.15) is 23.6 Å². The van der Waals surface area contributed by atoms with Crippen LogP contribution >= 0.6 is 0 Å². The van der Waals surface area contributed by atoms with Crippen molar-refractivity contribution < 1.29 is 0 Å². The van der Waals surface area contributed by atoms with E-state index in [1.165, 1.54) is 27.6 Å². The summed E-state index contributed by atoms with van der Waals surface area (Å²) in [5, 5.41) is 1.23. The highest BCUT2D eigenvalue weighted by atomic mass is 14.7. The Labute approximate surface area is 120 Å². The van der Waals surface area contributed by atoms with Crippen molar-refractivity contribution in [2.24, 2.45) is 0 Å². The summed E-state index contributed by atoms with van der Waals surface area (Å²) in [5.74, 6) is 0. The highest BCUT2D eigenvalue weighted by Crippen LogP contribution is 2.24. The van der Waals surface area contributed by atoms with Gasteiger partial charge in [-0.1, -0.05) is 36.8 Å². The van der Waals surface area contributed by atoms with Crippen LogP contribution in [0, 0.1) is 13.8 Å². The topological polar surface area (TPSA) is 12.9 Å². The third-order valence-electron chi connectivity index (χ3n) is 3.84. The number of nitrogens with zero attached hydrogens (tertiary/aromatic N) is 1. The molecule has 0 saturated heterocycles. The van der Waals surface area contributed by atoms with Gasteiger partial charge in [0, 0.05) is 10.9 Å². The maximum absolute atomic E-state index is 4.82. The number of pyridine rings is 1. The van der Waals surface area contributed by atoms with E-state index in [1.54, 1.807) is 0 Å². The lowest BCUT2D eigenvalue weighted by molar-refractivity contribution is 1.11. The van der Waals surface area contributed by atoms with Crippen LogP contribution in [0.4, 0.5) is 0 Å². The minimum Gasteiger partial charge on any atom is -0.248 e. The lowest BCUT2D eigenvalue weighted by Crippen LogP contribution is -1.91. The standard InChI is InChI=1S/C19H19N/c1-4-15-12-17-8-9-18(20-19(17)11-14(15)3)16-7-5-6-13(2)10-16/h5-12H,4H2,1-3H3. The molecule has 3 aromatic rings. The first kappa shape index (κ1) is 12.9. The average Bonchev–Trinajstić information content (AvgIpc) is 2.46. The first-order valence-electron chi connectivity index (χ1n) is 7.14. The predicted octanol–water partition coefficient (Wildman–Crippen LogP) is 5.08. The van der Waals surface area contributed by atoms with Crippen molar-refractivity contribution in [3.05, 3.63) is 65.2 Å². The fourth-order valence-electron chi connectivity index (χ4n) is 2.67. The summed E-state index contributed by atoms with van der Waals surface area (Å²) >= 11 is 0. The molecule has 1 aromatic heterocycles. The Hall–Kier alpha value is -2.15. The van der Waals surface area contributed by atoms with Crippen LogP contribution in [0.2, 0.25) is 0 Å². The van der Waals surface area contributed by atoms with Crippen LogP contribution in [-0.2, 0) is 6.42 Å². The SMILES string of the molecule is CCc1cc2ccc(-c3cccc(C)c3)nc2cc1C. The molecule has 0 amide bonds. The van der Waals surface area contributed by atoms with Gasteiger partial charge in [-0.25, -0.2) is 4.98 Å². The molecule has 0 atom stereocenters. The lowest BCUT2D eigenvalue weighted by Gasteiger charge is -2.08. The van der Waals surface area contributed by atoms with E-state index in [4.69, 9.17) is 4.98 Å². The van der Waals surface area contributed by atoms with Gasteiger partial charge >= 0.3 is 0 Å². The highest BCUT2D eigenvalue weighted by Gasteiger charge is 2.04. The zero-order valence-corrected chi connectivity index (χ0v) is 12.3. The third-order valence-corrected chi connectivity index (χ3v) is 3.84. The molecule has 0 aliphatic heterocycles. The van der Waals surface area contributed by atoms with Crippen LogP contribution in [0.3, 0.4) is 0 Å². The number of aryl methyl sites for hydroxylation is 3. The summed E-state index contributed by atoms with van der Waals surface area (Å²) in [7, 11) is 0. The van der Waals surface area contributed by atoms with Crippen LogP contribution in [-0.4, -0.2) is 4.98 Å². The molecule has 100 valence electrons. The molecule has 2 aromatic carbocycles. The minimum atomic E-state index is 1.05. The van der Waals surface area contributed by atoms with Gasteiger partial charge in [0.05, 0.1) is 11.2 Å². The Morgan fingerprint density at radius 1 is 0.950 bits per heavy atom. The van der Waals surface area contributed by atoms with E-state index in [0.717, 1.165) is 17.6 Å². The third kappa shape index (κ3) is 2.32. The highest BCUT2D eigenvalue weighted by molar-refractivity contribution is 5.83. The molecular formula is C19H19N. The molecule has 1 heteroatoms. The number of hydrogen-bond acceptors (Lipinski definition) is 1. The molecule has 0 N–H and O–H groups in total. The molecule has 0 saturated carbocycles. The monoisotopic (exact) mass is 261 g/mol. The minimum absolute atomic E-state index is 1.05. The van der Waals surface area contributed by atoms with E-state index in [9.17, 15) is 0 Å². The molecule has 0 radical (unpaired) electrons. The molecule has 0 unspecified atom stereocenters. The number of fused-ring (bicyclic) bond motifs is 1. The quantitative estimate of drug-likeness (QED) is 0.626. The van der Waals surface area contributed by atoms with Gasteiger partial charge in [-0.3, -0.25) is 0 Å². The molecule has 0 fully saturated rings. The second-order valence-electron chi connectivity index (χ2n) is 5.39. The van der Waals surface area contributed by atoms with E-state index in [2.05, 4.69) is 69.3 Å². The van der Waals surface area contributed by atoms with Crippen molar-refractivity contribution in [2.75, 3.05) is 0 Å². The van der Waals surface area contributed by atoms with Crippen LogP contribution in [0.15, 0.2) is 48.5 Å². The number of aromatic nitrogens is 1. The molecule has 0 spiro atoms. The molecule has 0 aliphatic rings. The van der Waals surface area contributed by atoms with E-state index in [0.29, 0.717) is 0 Å². The summed E-state index contributed by atoms with van der Waals surface area (Å²) < 4.78 is 0. The van der Waals surface area contributed by atoms with Crippen LogP contribution < -0.4 is 0 Å². The zero-order valence-electron chi connectivity index (χ0n) is 12.3. The molecule has 0 aliphatic carbocycles. The second-order valence-corrected chi connectivity index (χ2v) is 5.39. The Morgan fingerprint density at radius 3 is 2.55 bits per heavy atom. The Kier molecular flexibility index (Phi) is 3.27. The first-order chi connectivity index (χ1) is 9.67. The van der Waals surface area contributed by atoms with Gasteiger partial charge in [-0.2, -0.15) is 0 Å². The molecule has 3 rings (SSSR count). The van der Waals surface area contributed by atoms with E-state index < -0.39 is 0 Å². The summed E-state index contributed by atoms with van der Waals surface area (Å²) in [4.78, 5) is 4.82. The average molecular weight is 261 g/mol. The van der Waals surface area contributed by atoms with Gasteiger partial charge in [-0.15, -0.1) is 0 Å². The molecule has 0 bridgehead atoms. The number of rotatable bonds is 2. The number of benzene rings is 2. The van der Waals surface area contributed by atoms with Crippen molar-refractivity contribution >= 4 is 10.9 Å². The Balaban J connectivity index is 2.15. The fraction of sp³-hybridized carbons (Fsp3) is 0.211. The Morgan fingerprint density at radius 2 is 1.80 bits per heavy atom. The summed E-state index contributed by atoms with van der Waals surface area (Å²) in [5.41, 5.74) is 7.31. The number of hydrogen-bond donors (Lipinski definition) is 0. The second kappa shape index (κ2) is 5.09. The van der Waals surface area contributed by atoms with E-state index >= 15 is 0 Å². The maximum Gasteiger partial charge on any atom is 0.0712 e. The van der Waals surface area contributed by atoms with Gasteiger partial charge < -0.3 is 0 Å². The van der Waals surface area contributed by atoms with E-state index in [1.807, 2.05) is 0 Å². The van der Waals surface area contributed by atoms with Crippen molar-refractivity contribution in [3.63, 3.8) is 0 Å². The Bertz CT molecular complexity index is 772. The van der Waals surface area contributed by atoms with Gasteiger partial charge in [0.15, 0.2) is 0 Å². The van der Waals surface area contributed by atoms with Gasteiger partial charge in [0.1, 0.15) is 0 Å². The fourth-order valence-corrected chi connectivity index (χ4v) is 2.67. The maximum atomic E-state index is 4.82. The van der Waals surface area contributed by atoms with Gasteiger partial charge in [0.25, 0.3) is 0 Å². The van der Waals surface area contributed by atoms with Crippen LogP contribution in [0.25, 0.3) is 22.2 Å². The largest absolute Gasteiger partial charge is 0.248 e. The summed E-state index contributed by atoms with van der Waals surface area (Å²) in [6.45, 7) is 6.48. The van der Waals surface area contributed by atoms with Gasteiger partial charge in [0.2, 0.25) is 0 Å². The molecule has 1 nitrogen and oxygen atoms in total. The molecular weight excluding hydrogens is 242 g/mol. The molecule has 1 heterocycles. The smallest absolute Gasteiger partial charge is 0.0712 e. The normalized spacial score (nSPS) is 10.9. The van der Waals surface area contributed by atoms with Crippen molar-refractivity contribution in [1.29, 1.82) is 0 Å². The van der Waals surface area contributed by atoms with E-state index in [-0.39, 0.29) is 0 Å². The van der Waals surface area contributed by atoms with Crippen molar-refractivity contribution in [1.82, 2.24) is 4.98 Å². The summed E-state index contributed by atoms with van der Waals surface area (Å²) in [6.07, 6.45) is 1.07. The zero-order chi connectivity index (χ0) is 14.1. The van der Waals surface area contributed by atoms with Crippen molar-refractivity contribution in [3.8, 4) is 11.3 Å². The summed E-state index contributed by atoms with van der Waals surface area (Å²) in [6, 6.07) is 17.3. The van der Waals surface area contributed by atoms with Crippen molar-refractivity contribution in [2.45, 2.75) is 27.2 Å². The van der Waals surface area contributed by atoms with Crippen LogP contribution in [0.5, 0.6) is 0 Å². The van der Waals surface area contributed by atoms with Gasteiger partial charge in [-0.05, 0) is 55.7 Å². The predicted molar refractivity (Wildman–Crippen MR) is 86.0 cm³/mol. The molecule has 20 heavy (non-hydrogen) atoms. The lowest BCUT2D eigenvalue weighted by atomic mass is 10.0. The first-order valence-corrected chi connectivity index (χ1v) is 7.14.